The molecule has 0 aromatic heterocycles. The Balaban J connectivity index is 1.61. The molecular weight excluding hydrogens is 317 g/mol. The fourth-order valence-electron chi connectivity index (χ4n) is 4.46. The number of hydrogen-bond donors (Lipinski definition) is 2. The smallest absolute Gasteiger partial charge is 0.237 e. The first-order valence-electron chi connectivity index (χ1n) is 9.26. The number of halogens is 1. The topological polar surface area (TPSA) is 44.4 Å². The Labute approximate surface area is 150 Å². The molecule has 2 fully saturated rings. The minimum absolute atomic E-state index is 0.0504. The summed E-state index contributed by atoms with van der Waals surface area (Å²) in [5.74, 6) is -0.115. The Bertz CT molecular complexity index is 608. The lowest BCUT2D eigenvalue weighted by molar-refractivity contribution is -0.126. The molecule has 2 heterocycles. The molecule has 1 amide bonds. The number of carbonyl (C=O) groups is 1. The molecule has 138 valence electrons. The van der Waals surface area contributed by atoms with Crippen molar-refractivity contribution in [2.45, 2.75) is 51.1 Å². The zero-order chi connectivity index (χ0) is 18.1. The van der Waals surface area contributed by atoms with Crippen molar-refractivity contribution in [3.8, 4) is 0 Å². The fraction of sp³-hybridized carbons (Fsp3) is 0.650. The first-order valence-corrected chi connectivity index (χ1v) is 9.26. The lowest BCUT2D eigenvalue weighted by Gasteiger charge is -2.33. The predicted molar refractivity (Wildman–Crippen MR) is 97.9 cm³/mol. The van der Waals surface area contributed by atoms with E-state index in [0.717, 1.165) is 44.5 Å². The first kappa shape index (κ1) is 18.3. The number of carbonyl (C=O) groups excluding carboxylic acids is 1. The minimum Gasteiger partial charge on any atom is -0.350 e. The Morgan fingerprint density at radius 1 is 1.32 bits per heavy atom. The van der Waals surface area contributed by atoms with Crippen LogP contribution in [0.1, 0.15) is 38.7 Å². The Hall–Kier alpha value is -1.46. The molecule has 5 heteroatoms. The minimum atomic E-state index is -0.361. The number of piperidine rings is 1. The molecule has 1 atom stereocenters. The van der Waals surface area contributed by atoms with Gasteiger partial charge in [-0.25, -0.2) is 4.39 Å². The average molecular weight is 347 g/mol. The van der Waals surface area contributed by atoms with Crippen LogP contribution in [0.2, 0.25) is 0 Å². The second kappa shape index (κ2) is 7.04. The number of rotatable bonds is 4. The molecule has 0 saturated carbocycles. The van der Waals surface area contributed by atoms with Crippen LogP contribution in [0.4, 0.5) is 4.39 Å². The third-order valence-electron chi connectivity index (χ3n) is 5.73. The van der Waals surface area contributed by atoms with Crippen molar-refractivity contribution < 1.29 is 9.18 Å². The van der Waals surface area contributed by atoms with Crippen molar-refractivity contribution in [3.63, 3.8) is 0 Å². The van der Waals surface area contributed by atoms with Gasteiger partial charge in [0.15, 0.2) is 0 Å². The molecule has 0 aliphatic carbocycles. The molecule has 1 aromatic rings. The van der Waals surface area contributed by atoms with Crippen LogP contribution in [0, 0.1) is 11.2 Å². The van der Waals surface area contributed by atoms with Gasteiger partial charge in [-0.3, -0.25) is 9.69 Å². The van der Waals surface area contributed by atoms with E-state index < -0.39 is 0 Å². The maximum atomic E-state index is 13.1. The molecule has 0 unspecified atom stereocenters. The molecule has 2 N–H and O–H groups in total. The average Bonchev–Trinajstić information content (AvgIpc) is 2.86. The third kappa shape index (κ3) is 4.39. The van der Waals surface area contributed by atoms with Crippen LogP contribution in [0.5, 0.6) is 0 Å². The van der Waals surface area contributed by atoms with Crippen molar-refractivity contribution in [3.05, 3.63) is 35.6 Å². The summed E-state index contributed by atoms with van der Waals surface area (Å²) in [4.78, 5) is 15.1. The molecule has 0 bridgehead atoms. The van der Waals surface area contributed by atoms with Crippen LogP contribution in [-0.2, 0) is 11.2 Å². The van der Waals surface area contributed by atoms with Crippen molar-refractivity contribution in [1.82, 2.24) is 15.5 Å². The summed E-state index contributed by atoms with van der Waals surface area (Å²) < 4.78 is 13.1. The number of hydrogen-bond acceptors (Lipinski definition) is 3. The van der Waals surface area contributed by atoms with Crippen molar-refractivity contribution in [2.75, 3.05) is 26.7 Å². The first-order chi connectivity index (χ1) is 11.8. The molecule has 4 nitrogen and oxygen atoms in total. The zero-order valence-electron chi connectivity index (χ0n) is 15.6. The molecule has 1 aromatic carbocycles. The molecule has 0 radical (unpaired) electrons. The summed E-state index contributed by atoms with van der Waals surface area (Å²) in [6.07, 6.45) is 3.94. The second-order valence-corrected chi connectivity index (χ2v) is 8.56. The van der Waals surface area contributed by atoms with Crippen LogP contribution >= 0.6 is 0 Å². The van der Waals surface area contributed by atoms with Gasteiger partial charge in [0, 0.05) is 12.1 Å². The van der Waals surface area contributed by atoms with Gasteiger partial charge < -0.3 is 10.6 Å². The lowest BCUT2D eigenvalue weighted by atomic mass is 9.77. The zero-order valence-corrected chi connectivity index (χ0v) is 15.6. The van der Waals surface area contributed by atoms with Gasteiger partial charge in [-0.1, -0.05) is 12.1 Å². The van der Waals surface area contributed by atoms with E-state index in [0.29, 0.717) is 11.8 Å². The summed E-state index contributed by atoms with van der Waals surface area (Å²) in [6.45, 7) is 7.18. The summed E-state index contributed by atoms with van der Waals surface area (Å²) in [6, 6.07) is 6.47. The van der Waals surface area contributed by atoms with Crippen molar-refractivity contribution >= 4 is 5.91 Å². The Morgan fingerprint density at radius 3 is 2.60 bits per heavy atom. The van der Waals surface area contributed by atoms with Crippen molar-refractivity contribution in [2.24, 2.45) is 5.41 Å². The van der Waals surface area contributed by atoms with Gasteiger partial charge in [0.1, 0.15) is 5.82 Å². The van der Waals surface area contributed by atoms with E-state index in [-0.39, 0.29) is 23.3 Å². The Kier molecular flexibility index (Phi) is 5.16. The van der Waals surface area contributed by atoms with E-state index in [1.54, 1.807) is 12.1 Å². The predicted octanol–water partition coefficient (Wildman–Crippen LogP) is 2.34. The number of nitrogens with zero attached hydrogens (tertiary/aromatic N) is 1. The normalized spacial score (nSPS) is 23.8. The molecule has 25 heavy (non-hydrogen) atoms. The summed E-state index contributed by atoms with van der Waals surface area (Å²) in [7, 11) is 2.06. The van der Waals surface area contributed by atoms with E-state index in [2.05, 4.69) is 22.6 Å². The summed E-state index contributed by atoms with van der Waals surface area (Å²) in [5.41, 5.74) is 0.962. The lowest BCUT2D eigenvalue weighted by Crippen LogP contribution is -2.51. The van der Waals surface area contributed by atoms with E-state index in [4.69, 9.17) is 0 Å². The Morgan fingerprint density at radius 2 is 1.96 bits per heavy atom. The van der Waals surface area contributed by atoms with E-state index >= 15 is 0 Å². The number of likely N-dealkylation sites (N-methyl/N-ethyl adjacent to an activating group) is 1. The number of likely N-dealkylation sites (tertiary alicyclic amines) is 1. The highest BCUT2D eigenvalue weighted by atomic mass is 19.1. The maximum absolute atomic E-state index is 13.1. The SMILES string of the molecule is CN1CC2(CCNCC2)C[C@@H]1C(=O)NC(C)(C)Cc1ccc(F)cc1. The van der Waals surface area contributed by atoms with Gasteiger partial charge in [0.25, 0.3) is 0 Å². The van der Waals surface area contributed by atoms with E-state index in [9.17, 15) is 9.18 Å². The molecular formula is C20H30FN3O. The van der Waals surface area contributed by atoms with Crippen molar-refractivity contribution in [1.29, 1.82) is 0 Å². The van der Waals surface area contributed by atoms with Crippen LogP contribution in [0.15, 0.2) is 24.3 Å². The van der Waals surface area contributed by atoms with Gasteiger partial charge >= 0.3 is 0 Å². The highest BCUT2D eigenvalue weighted by Gasteiger charge is 2.46. The van der Waals surface area contributed by atoms with Crippen LogP contribution in [0.25, 0.3) is 0 Å². The number of amides is 1. The van der Waals surface area contributed by atoms with Gasteiger partial charge in [-0.15, -0.1) is 0 Å². The maximum Gasteiger partial charge on any atom is 0.237 e. The van der Waals surface area contributed by atoms with E-state index in [1.165, 1.54) is 12.1 Å². The standard InChI is InChI=1S/C20H30FN3O/c1-19(2,12-15-4-6-16(21)7-5-15)23-18(25)17-13-20(14-24(17)3)8-10-22-11-9-20/h4-7,17,22H,8-14H2,1-3H3,(H,23,25)/t17-/m1/s1. The third-order valence-corrected chi connectivity index (χ3v) is 5.73. The quantitative estimate of drug-likeness (QED) is 0.879. The summed E-state index contributed by atoms with van der Waals surface area (Å²) >= 11 is 0. The second-order valence-electron chi connectivity index (χ2n) is 8.56. The van der Waals surface area contributed by atoms with Gasteiger partial charge in [-0.2, -0.15) is 0 Å². The van der Waals surface area contributed by atoms with E-state index in [1.807, 2.05) is 13.8 Å². The largest absolute Gasteiger partial charge is 0.350 e. The molecule has 1 spiro atoms. The monoisotopic (exact) mass is 347 g/mol. The highest BCUT2D eigenvalue weighted by molar-refractivity contribution is 5.83. The molecule has 3 rings (SSSR count). The van der Waals surface area contributed by atoms with Gasteiger partial charge in [0.2, 0.25) is 5.91 Å². The summed E-state index contributed by atoms with van der Waals surface area (Å²) in [5, 5.41) is 6.64. The molecule has 2 aliphatic rings. The molecule has 2 saturated heterocycles. The highest BCUT2D eigenvalue weighted by Crippen LogP contribution is 2.41. The van der Waals surface area contributed by atoms with Crippen LogP contribution in [0.3, 0.4) is 0 Å². The number of benzene rings is 1. The fourth-order valence-corrected chi connectivity index (χ4v) is 4.46. The van der Waals surface area contributed by atoms with Gasteiger partial charge in [-0.05, 0) is 82.8 Å². The van der Waals surface area contributed by atoms with Crippen LogP contribution < -0.4 is 10.6 Å². The van der Waals surface area contributed by atoms with Crippen LogP contribution in [-0.4, -0.2) is 49.1 Å². The molecule has 2 aliphatic heterocycles. The number of nitrogens with one attached hydrogen (secondary N) is 2. The van der Waals surface area contributed by atoms with Gasteiger partial charge in [0.05, 0.1) is 6.04 Å².